The summed E-state index contributed by atoms with van der Waals surface area (Å²) < 4.78 is 7.79. The van der Waals surface area contributed by atoms with Crippen molar-refractivity contribution in [1.29, 1.82) is 0 Å². The van der Waals surface area contributed by atoms with E-state index in [1.807, 2.05) is 56.3 Å². The summed E-state index contributed by atoms with van der Waals surface area (Å²) in [5.74, 6) is 0.476. The highest BCUT2D eigenvalue weighted by atomic mass is 79.9. The van der Waals surface area contributed by atoms with Gasteiger partial charge in [0.25, 0.3) is 5.89 Å². The van der Waals surface area contributed by atoms with E-state index in [0.717, 1.165) is 21.3 Å². The predicted molar refractivity (Wildman–Crippen MR) is 106 cm³/mol. The standard InChI is InChI=1S/C20H15BrN4O2/c1-12-7-8-14(11-13(12)2)25-10-9-17(26)18(23-25)20-22-19(24-27-20)15-5-3-4-6-16(15)21/h3-11H,1-2H3. The number of hydrogen-bond acceptors (Lipinski definition) is 5. The first kappa shape index (κ1) is 17.4. The molecule has 2 heterocycles. The van der Waals surface area contributed by atoms with Gasteiger partial charge in [-0.05, 0) is 49.2 Å². The number of hydrogen-bond donors (Lipinski definition) is 0. The first-order chi connectivity index (χ1) is 13.0. The Kier molecular flexibility index (Phi) is 4.45. The molecular formula is C20H15BrN4O2. The van der Waals surface area contributed by atoms with Gasteiger partial charge in [-0.25, -0.2) is 4.68 Å². The fraction of sp³-hybridized carbons (Fsp3) is 0.100. The smallest absolute Gasteiger partial charge is 0.282 e. The van der Waals surface area contributed by atoms with Gasteiger partial charge in [-0.15, -0.1) is 0 Å². The Bertz CT molecular complexity index is 1200. The van der Waals surface area contributed by atoms with Gasteiger partial charge in [0, 0.05) is 22.3 Å². The Morgan fingerprint density at radius 3 is 2.63 bits per heavy atom. The van der Waals surface area contributed by atoms with Crippen molar-refractivity contribution in [3.8, 4) is 28.7 Å². The second-order valence-corrected chi connectivity index (χ2v) is 7.00. The normalized spacial score (nSPS) is 10.9. The fourth-order valence-corrected chi connectivity index (χ4v) is 3.10. The number of benzene rings is 2. The molecule has 7 heteroatoms. The highest BCUT2D eigenvalue weighted by Gasteiger charge is 2.17. The van der Waals surface area contributed by atoms with Crippen LogP contribution >= 0.6 is 15.9 Å². The topological polar surface area (TPSA) is 73.8 Å². The first-order valence-electron chi connectivity index (χ1n) is 8.29. The van der Waals surface area contributed by atoms with Crippen LogP contribution in [0.25, 0.3) is 28.7 Å². The number of halogens is 1. The number of aryl methyl sites for hydroxylation is 2. The molecule has 6 nitrogen and oxygen atoms in total. The van der Waals surface area contributed by atoms with Gasteiger partial charge >= 0.3 is 0 Å². The lowest BCUT2D eigenvalue weighted by Crippen LogP contribution is -2.12. The lowest BCUT2D eigenvalue weighted by atomic mass is 10.1. The van der Waals surface area contributed by atoms with Crippen LogP contribution in [-0.4, -0.2) is 19.9 Å². The van der Waals surface area contributed by atoms with Crippen LogP contribution in [0.15, 0.2) is 68.5 Å². The van der Waals surface area contributed by atoms with Crippen molar-refractivity contribution in [3.63, 3.8) is 0 Å². The summed E-state index contributed by atoms with van der Waals surface area (Å²) in [5, 5.41) is 8.40. The maximum atomic E-state index is 12.3. The summed E-state index contributed by atoms with van der Waals surface area (Å²) in [7, 11) is 0. The molecule has 134 valence electrons. The van der Waals surface area contributed by atoms with Crippen LogP contribution in [0.1, 0.15) is 11.1 Å². The molecule has 0 saturated heterocycles. The van der Waals surface area contributed by atoms with E-state index in [9.17, 15) is 4.79 Å². The number of rotatable bonds is 3. The van der Waals surface area contributed by atoms with Gasteiger partial charge in [0.05, 0.1) is 5.69 Å². The van der Waals surface area contributed by atoms with Gasteiger partial charge in [-0.1, -0.05) is 39.3 Å². The molecule has 0 unspecified atom stereocenters. The van der Waals surface area contributed by atoms with E-state index in [2.05, 4.69) is 31.2 Å². The van der Waals surface area contributed by atoms with E-state index in [4.69, 9.17) is 4.52 Å². The third kappa shape index (κ3) is 3.33. The van der Waals surface area contributed by atoms with Crippen LogP contribution < -0.4 is 5.43 Å². The Balaban J connectivity index is 1.78. The second kappa shape index (κ2) is 6.92. The molecule has 0 saturated carbocycles. The average Bonchev–Trinajstić information content (AvgIpc) is 3.14. The Morgan fingerprint density at radius 2 is 1.85 bits per heavy atom. The molecule has 2 aromatic carbocycles. The lowest BCUT2D eigenvalue weighted by molar-refractivity contribution is 0.429. The molecule has 0 bridgehead atoms. The summed E-state index contributed by atoms with van der Waals surface area (Å²) in [5.41, 5.74) is 3.79. The quantitative estimate of drug-likeness (QED) is 0.491. The highest BCUT2D eigenvalue weighted by molar-refractivity contribution is 9.10. The van der Waals surface area contributed by atoms with Crippen LogP contribution in [0.2, 0.25) is 0 Å². The van der Waals surface area contributed by atoms with E-state index in [0.29, 0.717) is 5.82 Å². The van der Waals surface area contributed by atoms with Gasteiger partial charge < -0.3 is 4.52 Å². The van der Waals surface area contributed by atoms with Crippen molar-refractivity contribution < 1.29 is 4.52 Å². The largest absolute Gasteiger partial charge is 0.332 e. The van der Waals surface area contributed by atoms with Crippen molar-refractivity contribution in [1.82, 2.24) is 19.9 Å². The monoisotopic (exact) mass is 422 g/mol. The highest BCUT2D eigenvalue weighted by Crippen LogP contribution is 2.26. The third-order valence-electron chi connectivity index (χ3n) is 4.31. The van der Waals surface area contributed by atoms with Crippen molar-refractivity contribution in [3.05, 3.63) is 80.6 Å². The minimum atomic E-state index is -0.280. The molecule has 0 spiro atoms. The molecule has 0 radical (unpaired) electrons. The Hall–Kier alpha value is -3.06. The maximum Gasteiger partial charge on any atom is 0.282 e. The molecule has 0 aliphatic rings. The van der Waals surface area contributed by atoms with Gasteiger partial charge in [0.1, 0.15) is 0 Å². The zero-order valence-corrected chi connectivity index (χ0v) is 16.3. The molecule has 0 atom stereocenters. The van der Waals surface area contributed by atoms with Crippen molar-refractivity contribution >= 4 is 15.9 Å². The molecule has 0 fully saturated rings. The van der Waals surface area contributed by atoms with Gasteiger partial charge in [-0.2, -0.15) is 10.1 Å². The summed E-state index contributed by atoms with van der Waals surface area (Å²) in [4.78, 5) is 16.7. The lowest BCUT2D eigenvalue weighted by Gasteiger charge is -2.08. The molecule has 4 aromatic rings. The van der Waals surface area contributed by atoms with Gasteiger partial charge in [-0.3, -0.25) is 4.79 Å². The fourth-order valence-electron chi connectivity index (χ4n) is 2.64. The zero-order chi connectivity index (χ0) is 19.0. The molecule has 0 aliphatic heterocycles. The van der Waals surface area contributed by atoms with Crippen LogP contribution in [0, 0.1) is 13.8 Å². The Labute approximate surface area is 163 Å². The minimum absolute atomic E-state index is 0.0870. The number of nitrogens with zero attached hydrogens (tertiary/aromatic N) is 4. The van der Waals surface area contributed by atoms with Crippen molar-refractivity contribution in [2.24, 2.45) is 0 Å². The minimum Gasteiger partial charge on any atom is -0.332 e. The predicted octanol–water partition coefficient (Wildman–Crippen LogP) is 4.33. The molecule has 27 heavy (non-hydrogen) atoms. The summed E-state index contributed by atoms with van der Waals surface area (Å²) >= 11 is 3.46. The molecule has 0 aliphatic carbocycles. The zero-order valence-electron chi connectivity index (χ0n) is 14.7. The van der Waals surface area contributed by atoms with Crippen LogP contribution in [0.4, 0.5) is 0 Å². The van der Waals surface area contributed by atoms with Crippen molar-refractivity contribution in [2.75, 3.05) is 0 Å². The van der Waals surface area contributed by atoms with Gasteiger partial charge in [0.2, 0.25) is 11.3 Å². The molecular weight excluding hydrogens is 408 g/mol. The van der Waals surface area contributed by atoms with Crippen LogP contribution in [0.3, 0.4) is 0 Å². The third-order valence-corrected chi connectivity index (χ3v) is 5.00. The summed E-state index contributed by atoms with van der Waals surface area (Å²) in [6.07, 6.45) is 1.63. The second-order valence-electron chi connectivity index (χ2n) is 6.14. The number of aromatic nitrogens is 4. The van der Waals surface area contributed by atoms with E-state index >= 15 is 0 Å². The SMILES string of the molecule is Cc1ccc(-n2ccc(=O)c(-c3nc(-c4ccccc4Br)no3)n2)cc1C. The Morgan fingerprint density at radius 1 is 1.04 bits per heavy atom. The van der Waals surface area contributed by atoms with E-state index in [-0.39, 0.29) is 17.0 Å². The van der Waals surface area contributed by atoms with Crippen molar-refractivity contribution in [2.45, 2.75) is 13.8 Å². The molecule has 0 amide bonds. The van der Waals surface area contributed by atoms with Gasteiger partial charge in [0.15, 0.2) is 5.69 Å². The molecule has 2 aromatic heterocycles. The summed E-state index contributed by atoms with van der Waals surface area (Å²) in [6.45, 7) is 4.08. The average molecular weight is 423 g/mol. The maximum absolute atomic E-state index is 12.3. The van der Waals surface area contributed by atoms with E-state index < -0.39 is 0 Å². The molecule has 0 N–H and O–H groups in total. The molecule has 4 rings (SSSR count). The van der Waals surface area contributed by atoms with Crippen LogP contribution in [-0.2, 0) is 0 Å². The van der Waals surface area contributed by atoms with Crippen LogP contribution in [0.5, 0.6) is 0 Å². The van der Waals surface area contributed by atoms with E-state index in [1.165, 1.54) is 11.6 Å². The van der Waals surface area contributed by atoms with E-state index in [1.54, 1.807) is 10.9 Å². The summed E-state index contributed by atoms with van der Waals surface area (Å²) in [6, 6.07) is 14.9. The first-order valence-corrected chi connectivity index (χ1v) is 9.09.